The standard InChI is InChI=1S/C39H61ClN6O5S/c1-8-11-12-13-14-15-16-17-18-19-26-52(50,51)45-30-20-22-32(40)34(28-30)44-37(48)35(36(47)39(5,6)7)43-33-23-21-31(27-29(33)4)46(10-3)25-24-42-38(49)41-9-2/h20-23,27-28,45H,8-19,24-26H2,1-7H3,(H,44,48)(H2,41,42,49). The highest BCUT2D eigenvalue weighted by Crippen LogP contribution is 2.29. The third-order valence-electron chi connectivity index (χ3n) is 8.53. The Morgan fingerprint density at radius 2 is 1.48 bits per heavy atom. The number of unbranched alkanes of at least 4 members (excludes halogenated alkanes) is 9. The minimum atomic E-state index is -3.63. The molecular weight excluding hydrogens is 700 g/mol. The van der Waals surface area contributed by atoms with Crippen LogP contribution in [0.4, 0.5) is 27.5 Å². The van der Waals surface area contributed by atoms with Crippen LogP contribution >= 0.6 is 11.6 Å². The summed E-state index contributed by atoms with van der Waals surface area (Å²) in [6, 6.07) is 9.78. The first-order valence-electron chi connectivity index (χ1n) is 18.7. The number of ketones is 1. The van der Waals surface area contributed by atoms with Crippen molar-refractivity contribution in [2.24, 2.45) is 10.4 Å². The number of Topliss-reactive ketones (excluding diaryl/α,β-unsaturated/α-hetero) is 1. The Bertz CT molecular complexity index is 1610. The molecule has 0 fully saturated rings. The molecule has 2 rings (SSSR count). The number of nitrogens with zero attached hydrogens (tertiary/aromatic N) is 2. The van der Waals surface area contributed by atoms with Crippen LogP contribution in [0.5, 0.6) is 0 Å². The van der Waals surface area contributed by atoms with E-state index in [4.69, 9.17) is 11.6 Å². The Morgan fingerprint density at radius 3 is 2.06 bits per heavy atom. The SMILES string of the molecule is CCCCCCCCCCCCS(=O)(=O)Nc1ccc(Cl)c(NC(=O)C(=Nc2ccc(N(CC)CCNC(=O)NCC)cc2C)C(=O)C(C)(C)C)c1. The smallest absolute Gasteiger partial charge is 0.314 e. The predicted octanol–water partition coefficient (Wildman–Crippen LogP) is 8.78. The number of nitrogens with one attached hydrogen (secondary N) is 4. The van der Waals surface area contributed by atoms with Crippen molar-refractivity contribution in [3.05, 3.63) is 47.0 Å². The van der Waals surface area contributed by atoms with Gasteiger partial charge < -0.3 is 20.9 Å². The lowest BCUT2D eigenvalue weighted by Gasteiger charge is -2.24. The van der Waals surface area contributed by atoms with Gasteiger partial charge in [-0.25, -0.2) is 18.2 Å². The maximum atomic E-state index is 13.7. The highest BCUT2D eigenvalue weighted by molar-refractivity contribution is 7.92. The molecule has 13 heteroatoms. The number of urea groups is 1. The molecule has 0 atom stereocenters. The molecular formula is C39H61ClN6O5S. The molecule has 0 aromatic heterocycles. The Morgan fingerprint density at radius 1 is 0.846 bits per heavy atom. The van der Waals surface area contributed by atoms with E-state index in [2.05, 4.69) is 37.5 Å². The monoisotopic (exact) mass is 760 g/mol. The van der Waals surface area contributed by atoms with Gasteiger partial charge in [-0.15, -0.1) is 0 Å². The lowest BCUT2D eigenvalue weighted by Crippen LogP contribution is -2.40. The zero-order valence-corrected chi connectivity index (χ0v) is 33.9. The van der Waals surface area contributed by atoms with Crippen molar-refractivity contribution in [2.75, 3.05) is 46.9 Å². The van der Waals surface area contributed by atoms with Gasteiger partial charge in [-0.3, -0.25) is 14.3 Å². The molecule has 4 N–H and O–H groups in total. The third-order valence-corrected chi connectivity index (χ3v) is 10.2. The van der Waals surface area contributed by atoms with Gasteiger partial charge in [0, 0.05) is 37.3 Å². The van der Waals surface area contributed by atoms with Crippen molar-refractivity contribution in [2.45, 2.75) is 113 Å². The van der Waals surface area contributed by atoms with E-state index < -0.39 is 27.1 Å². The van der Waals surface area contributed by atoms with Crippen molar-refractivity contribution in [1.82, 2.24) is 10.6 Å². The number of likely N-dealkylation sites (N-methyl/N-ethyl adjacent to an activating group) is 1. The average Bonchev–Trinajstić information content (AvgIpc) is 3.07. The van der Waals surface area contributed by atoms with Crippen LogP contribution < -0.4 is 25.6 Å². The Balaban J connectivity index is 2.16. The number of benzene rings is 2. The first kappa shape index (κ1) is 44.5. The molecule has 2 aromatic carbocycles. The van der Waals surface area contributed by atoms with Gasteiger partial charge in [-0.1, -0.05) is 97.1 Å². The molecule has 0 saturated carbocycles. The van der Waals surface area contributed by atoms with Gasteiger partial charge in [-0.2, -0.15) is 0 Å². The first-order valence-corrected chi connectivity index (χ1v) is 20.8. The van der Waals surface area contributed by atoms with Crippen molar-refractivity contribution < 1.29 is 22.8 Å². The number of hydrogen-bond acceptors (Lipinski definition) is 7. The number of halogens is 1. The molecule has 0 spiro atoms. The van der Waals surface area contributed by atoms with E-state index in [1.807, 2.05) is 32.9 Å². The minimum Gasteiger partial charge on any atom is -0.370 e. The van der Waals surface area contributed by atoms with Gasteiger partial charge in [0.2, 0.25) is 10.0 Å². The number of amides is 3. The summed E-state index contributed by atoms with van der Waals surface area (Å²) < 4.78 is 28.3. The number of aliphatic imine (C=N–C) groups is 1. The number of sulfonamides is 1. The van der Waals surface area contributed by atoms with Gasteiger partial charge in [-0.05, 0) is 69.2 Å². The van der Waals surface area contributed by atoms with Gasteiger partial charge in [0.1, 0.15) is 0 Å². The van der Waals surface area contributed by atoms with Crippen molar-refractivity contribution >= 4 is 67.8 Å². The number of anilines is 3. The third kappa shape index (κ3) is 15.9. The maximum absolute atomic E-state index is 13.7. The van der Waals surface area contributed by atoms with Crippen LogP contribution in [-0.4, -0.2) is 63.8 Å². The summed E-state index contributed by atoms with van der Waals surface area (Å²) in [5.41, 5.74) is 1.27. The molecule has 0 aliphatic carbocycles. The second-order valence-corrected chi connectivity index (χ2v) is 16.4. The van der Waals surface area contributed by atoms with E-state index in [0.29, 0.717) is 38.3 Å². The summed E-state index contributed by atoms with van der Waals surface area (Å²) in [7, 11) is -3.63. The second kappa shape index (κ2) is 22.4. The van der Waals surface area contributed by atoms with E-state index in [0.717, 1.165) is 30.5 Å². The zero-order chi connectivity index (χ0) is 38.7. The van der Waals surface area contributed by atoms with Gasteiger partial charge in [0.25, 0.3) is 5.91 Å². The largest absolute Gasteiger partial charge is 0.370 e. The molecule has 0 aliphatic heterocycles. The average molecular weight is 761 g/mol. The topological polar surface area (TPSA) is 149 Å². The quantitative estimate of drug-likeness (QED) is 0.0506. The van der Waals surface area contributed by atoms with Crippen LogP contribution in [0.25, 0.3) is 0 Å². The Kier molecular flexibility index (Phi) is 19.2. The molecule has 0 aliphatic rings. The van der Waals surface area contributed by atoms with Crippen LogP contribution in [-0.2, 0) is 19.6 Å². The number of carbonyl (C=O) groups excluding carboxylic acids is 3. The molecule has 290 valence electrons. The molecule has 0 bridgehead atoms. The summed E-state index contributed by atoms with van der Waals surface area (Å²) in [6.07, 6.45) is 11.0. The minimum absolute atomic E-state index is 0.00807. The fourth-order valence-electron chi connectivity index (χ4n) is 5.52. The van der Waals surface area contributed by atoms with E-state index in [9.17, 15) is 22.8 Å². The number of hydrogen-bond donors (Lipinski definition) is 4. The van der Waals surface area contributed by atoms with Crippen molar-refractivity contribution in [3.8, 4) is 0 Å². The molecule has 0 radical (unpaired) electrons. The Hall–Kier alpha value is -3.64. The van der Waals surface area contributed by atoms with E-state index in [-0.39, 0.29) is 33.9 Å². The fraction of sp³-hybridized carbons (Fsp3) is 0.590. The molecule has 3 amide bonds. The molecule has 0 unspecified atom stereocenters. The highest BCUT2D eigenvalue weighted by Gasteiger charge is 2.31. The predicted molar refractivity (Wildman–Crippen MR) is 217 cm³/mol. The Labute approximate surface area is 317 Å². The van der Waals surface area contributed by atoms with Gasteiger partial charge in [0.05, 0.1) is 27.8 Å². The number of carbonyl (C=O) groups is 3. The summed E-state index contributed by atoms with van der Waals surface area (Å²) in [5.74, 6) is -1.24. The normalized spacial score (nSPS) is 12.0. The van der Waals surface area contributed by atoms with E-state index in [1.165, 1.54) is 56.7 Å². The summed E-state index contributed by atoms with van der Waals surface area (Å²) >= 11 is 6.43. The zero-order valence-electron chi connectivity index (χ0n) is 32.3. The van der Waals surface area contributed by atoms with Crippen molar-refractivity contribution in [3.63, 3.8) is 0 Å². The van der Waals surface area contributed by atoms with E-state index >= 15 is 0 Å². The summed E-state index contributed by atoms with van der Waals surface area (Å²) in [4.78, 5) is 45.7. The molecule has 2 aromatic rings. The molecule has 0 heterocycles. The van der Waals surface area contributed by atoms with Crippen LogP contribution in [0.2, 0.25) is 5.02 Å². The second-order valence-electron chi connectivity index (χ2n) is 14.1. The van der Waals surface area contributed by atoms with Crippen LogP contribution in [0.3, 0.4) is 0 Å². The lowest BCUT2D eigenvalue weighted by molar-refractivity contribution is -0.121. The molecule has 0 saturated heterocycles. The fourth-order valence-corrected chi connectivity index (χ4v) is 6.85. The van der Waals surface area contributed by atoms with Crippen molar-refractivity contribution in [1.29, 1.82) is 0 Å². The van der Waals surface area contributed by atoms with Gasteiger partial charge >= 0.3 is 6.03 Å². The van der Waals surface area contributed by atoms with Crippen LogP contribution in [0.15, 0.2) is 41.4 Å². The van der Waals surface area contributed by atoms with E-state index in [1.54, 1.807) is 26.8 Å². The molecule has 11 nitrogen and oxygen atoms in total. The lowest BCUT2D eigenvalue weighted by atomic mass is 9.87. The summed E-state index contributed by atoms with van der Waals surface area (Å²) in [5, 5.41) is 8.41. The molecule has 52 heavy (non-hydrogen) atoms. The maximum Gasteiger partial charge on any atom is 0.314 e. The van der Waals surface area contributed by atoms with Gasteiger partial charge in [0.15, 0.2) is 11.5 Å². The number of aryl methyl sites for hydroxylation is 1. The summed E-state index contributed by atoms with van der Waals surface area (Å²) in [6.45, 7) is 15.3. The highest BCUT2D eigenvalue weighted by atomic mass is 35.5. The van der Waals surface area contributed by atoms with Crippen LogP contribution in [0, 0.1) is 12.3 Å². The van der Waals surface area contributed by atoms with Crippen LogP contribution in [0.1, 0.15) is 111 Å². The first-order chi connectivity index (χ1) is 24.6. The number of rotatable bonds is 23.